The smallest absolute Gasteiger partial charge is 0.266 e. The minimum absolute atomic E-state index is 0.0507. The number of nitrogens with one attached hydrogen (secondary N) is 2. The Morgan fingerprint density at radius 3 is 2.57 bits per heavy atom. The molecule has 0 saturated heterocycles. The van der Waals surface area contributed by atoms with Crippen molar-refractivity contribution in [2.45, 2.75) is 44.5 Å². The number of carbonyl (C=O) groups excluding carboxylic acids is 1. The van der Waals surface area contributed by atoms with Crippen LogP contribution in [0.2, 0.25) is 0 Å². The molecule has 10 nitrogen and oxygen atoms in total. The van der Waals surface area contributed by atoms with E-state index in [-0.39, 0.29) is 25.5 Å². The molecule has 11 heteroatoms. The number of rotatable bonds is 14. The van der Waals surface area contributed by atoms with Gasteiger partial charge in [0.1, 0.15) is 5.75 Å². The predicted molar refractivity (Wildman–Crippen MR) is 180 cm³/mol. The van der Waals surface area contributed by atoms with Crippen LogP contribution in [0.4, 0.5) is 0 Å². The number of carbonyl (C=O) groups is 1. The van der Waals surface area contributed by atoms with Gasteiger partial charge in [0.25, 0.3) is 5.91 Å². The van der Waals surface area contributed by atoms with Crippen LogP contribution in [0.3, 0.4) is 0 Å². The molecule has 1 amide bonds. The quantitative estimate of drug-likeness (QED) is 0.0449. The second-order valence-corrected chi connectivity index (χ2v) is 11.8. The molecule has 4 aromatic carbocycles. The fourth-order valence-electron chi connectivity index (χ4n) is 5.39. The molecule has 1 aliphatic rings. The highest BCUT2D eigenvalue weighted by atomic mass is 79.9. The monoisotopic (exact) mass is 682 g/mol. The average molecular weight is 684 g/mol. The number of halogens is 1. The molecule has 0 saturated carbocycles. The Balaban J connectivity index is 1.56. The minimum atomic E-state index is -1.46. The van der Waals surface area contributed by atoms with Crippen LogP contribution in [0.15, 0.2) is 112 Å². The highest BCUT2D eigenvalue weighted by molar-refractivity contribution is 9.10. The molecule has 0 bridgehead atoms. The van der Waals surface area contributed by atoms with Gasteiger partial charge in [0.15, 0.2) is 11.6 Å². The SMILES string of the molecule is Cc1cccc(CNNC(=O)[C@@]2(Cc3ccccc3CN=[N+]=[N-])N=C(c3ccc(OCCCO)cc3)O[C@H]2c2ccccc2Br)c1. The van der Waals surface area contributed by atoms with E-state index in [0.29, 0.717) is 36.8 Å². The molecular weight excluding hydrogens is 648 g/mol. The standard InChI is InChI=1S/C35H35BrN6O4/c1-24-8-6-9-25(20-24)22-38-41-34(44)35(21-27-10-2-3-11-28(27)23-39-42-37)32(30-12-4-5-13-31(30)36)46-33(40-35)26-14-16-29(17-15-26)45-19-7-18-43/h2-6,8-17,20,32,38,43H,7,18-19,21-23H2,1H3,(H,41,44)/t32-,35-/m0/s1. The Morgan fingerprint density at radius 1 is 1.07 bits per heavy atom. The van der Waals surface area contributed by atoms with E-state index in [2.05, 4.69) is 42.9 Å². The van der Waals surface area contributed by atoms with Gasteiger partial charge in [-0.25, -0.2) is 10.4 Å². The van der Waals surface area contributed by atoms with Gasteiger partial charge in [-0.2, -0.15) is 0 Å². The van der Waals surface area contributed by atoms with Gasteiger partial charge in [-0.1, -0.05) is 93.3 Å². The lowest BCUT2D eigenvalue weighted by Crippen LogP contribution is -2.53. The molecule has 0 fully saturated rings. The number of azide groups is 1. The molecule has 1 heterocycles. The van der Waals surface area contributed by atoms with Crippen LogP contribution in [0.25, 0.3) is 10.4 Å². The van der Waals surface area contributed by atoms with Gasteiger partial charge in [0, 0.05) is 46.5 Å². The molecular formula is C35H35BrN6O4. The van der Waals surface area contributed by atoms with Crippen molar-refractivity contribution in [3.05, 3.63) is 145 Å². The summed E-state index contributed by atoms with van der Waals surface area (Å²) in [6.07, 6.45) is -0.117. The Hall–Kier alpha value is -4.67. The number of benzene rings is 4. The molecule has 5 rings (SSSR count). The molecule has 0 aliphatic carbocycles. The van der Waals surface area contributed by atoms with E-state index in [1.54, 1.807) is 0 Å². The summed E-state index contributed by atoms with van der Waals surface area (Å²) in [6, 6.07) is 30.5. The first-order chi connectivity index (χ1) is 22.4. The third kappa shape index (κ3) is 7.75. The number of hydrogen-bond acceptors (Lipinski definition) is 7. The Labute approximate surface area is 276 Å². The second kappa shape index (κ2) is 15.6. The summed E-state index contributed by atoms with van der Waals surface area (Å²) in [5.41, 5.74) is 18.8. The van der Waals surface area contributed by atoms with Crippen LogP contribution in [0.5, 0.6) is 5.75 Å². The van der Waals surface area contributed by atoms with Crippen molar-refractivity contribution in [1.82, 2.24) is 10.9 Å². The van der Waals surface area contributed by atoms with Crippen LogP contribution in [0, 0.1) is 6.92 Å². The topological polar surface area (TPSA) is 141 Å². The Bertz CT molecular complexity index is 1740. The lowest BCUT2D eigenvalue weighted by Gasteiger charge is -2.32. The zero-order valence-electron chi connectivity index (χ0n) is 25.4. The summed E-state index contributed by atoms with van der Waals surface area (Å²) in [7, 11) is 0. The lowest BCUT2D eigenvalue weighted by atomic mass is 9.81. The summed E-state index contributed by atoms with van der Waals surface area (Å²) < 4.78 is 13.1. The van der Waals surface area contributed by atoms with Gasteiger partial charge < -0.3 is 14.6 Å². The van der Waals surface area contributed by atoms with Crippen molar-refractivity contribution in [3.8, 4) is 5.75 Å². The first-order valence-corrected chi connectivity index (χ1v) is 15.7. The largest absolute Gasteiger partial charge is 0.494 e. The Morgan fingerprint density at radius 2 is 1.83 bits per heavy atom. The van der Waals surface area contributed by atoms with Gasteiger partial charge in [-0.15, -0.1) is 0 Å². The van der Waals surface area contributed by atoms with Crippen LogP contribution >= 0.6 is 15.9 Å². The summed E-state index contributed by atoms with van der Waals surface area (Å²) >= 11 is 3.68. The molecule has 3 N–H and O–H groups in total. The van der Waals surface area contributed by atoms with E-state index in [4.69, 9.17) is 25.1 Å². The average Bonchev–Trinajstić information content (AvgIpc) is 3.45. The number of aliphatic imine (C=N–C) groups is 1. The zero-order valence-corrected chi connectivity index (χ0v) is 27.0. The zero-order chi connectivity index (χ0) is 32.4. The van der Waals surface area contributed by atoms with E-state index in [9.17, 15) is 4.79 Å². The van der Waals surface area contributed by atoms with E-state index in [0.717, 1.165) is 32.3 Å². The third-order valence-electron chi connectivity index (χ3n) is 7.68. The van der Waals surface area contributed by atoms with Gasteiger partial charge in [0.05, 0.1) is 13.2 Å². The van der Waals surface area contributed by atoms with Crippen molar-refractivity contribution >= 4 is 27.7 Å². The predicted octanol–water partition coefficient (Wildman–Crippen LogP) is 6.65. The number of aliphatic hydroxyl groups is 1. The molecule has 4 aromatic rings. The molecule has 0 aromatic heterocycles. The number of amides is 1. The number of nitrogens with zero attached hydrogens (tertiary/aromatic N) is 4. The Kier molecular flexibility index (Phi) is 11.1. The van der Waals surface area contributed by atoms with Crippen LogP contribution in [0.1, 0.15) is 45.9 Å². The van der Waals surface area contributed by atoms with E-state index >= 15 is 0 Å². The van der Waals surface area contributed by atoms with Crippen molar-refractivity contribution in [3.63, 3.8) is 0 Å². The highest BCUT2D eigenvalue weighted by Crippen LogP contribution is 2.45. The van der Waals surface area contributed by atoms with E-state index in [1.165, 1.54) is 0 Å². The van der Waals surface area contributed by atoms with Crippen molar-refractivity contribution in [2.24, 2.45) is 10.1 Å². The fourth-order valence-corrected chi connectivity index (χ4v) is 5.88. The normalized spacial score (nSPS) is 17.0. The number of aryl methyl sites for hydroxylation is 1. The van der Waals surface area contributed by atoms with Crippen LogP contribution in [-0.4, -0.2) is 35.7 Å². The summed E-state index contributed by atoms with van der Waals surface area (Å²) in [5.74, 6) is 0.581. The van der Waals surface area contributed by atoms with Crippen molar-refractivity contribution in [1.29, 1.82) is 0 Å². The molecule has 0 spiro atoms. The van der Waals surface area contributed by atoms with Gasteiger partial charge >= 0.3 is 0 Å². The van der Waals surface area contributed by atoms with Crippen molar-refractivity contribution in [2.75, 3.05) is 13.2 Å². The van der Waals surface area contributed by atoms with Gasteiger partial charge in [0.2, 0.25) is 5.90 Å². The molecule has 0 unspecified atom stereocenters. The van der Waals surface area contributed by atoms with Crippen LogP contribution < -0.4 is 15.6 Å². The summed E-state index contributed by atoms with van der Waals surface area (Å²) in [4.78, 5) is 22.6. The van der Waals surface area contributed by atoms with E-state index in [1.807, 2.05) is 97.9 Å². The maximum atomic E-state index is 14.5. The maximum absolute atomic E-state index is 14.5. The number of hydrazine groups is 1. The van der Waals surface area contributed by atoms with E-state index < -0.39 is 11.6 Å². The third-order valence-corrected chi connectivity index (χ3v) is 8.40. The number of ether oxygens (including phenoxy) is 2. The molecule has 2 atom stereocenters. The summed E-state index contributed by atoms with van der Waals surface area (Å²) in [6.45, 7) is 3.00. The highest BCUT2D eigenvalue weighted by Gasteiger charge is 2.54. The molecule has 0 radical (unpaired) electrons. The van der Waals surface area contributed by atoms with Gasteiger partial charge in [-0.05, 0) is 59.5 Å². The lowest BCUT2D eigenvalue weighted by molar-refractivity contribution is -0.130. The molecule has 46 heavy (non-hydrogen) atoms. The summed E-state index contributed by atoms with van der Waals surface area (Å²) in [5, 5.41) is 12.9. The fraction of sp³-hybridized carbons (Fsp3) is 0.257. The number of hydrogen-bond donors (Lipinski definition) is 3. The van der Waals surface area contributed by atoms with Crippen molar-refractivity contribution < 1.29 is 19.4 Å². The second-order valence-electron chi connectivity index (χ2n) is 10.9. The molecule has 1 aliphatic heterocycles. The first-order valence-electron chi connectivity index (χ1n) is 14.9. The minimum Gasteiger partial charge on any atom is -0.494 e. The number of aliphatic hydroxyl groups excluding tert-OH is 1. The van der Waals surface area contributed by atoms with Crippen LogP contribution in [-0.2, 0) is 29.0 Å². The molecule has 236 valence electrons. The maximum Gasteiger partial charge on any atom is 0.266 e. The van der Waals surface area contributed by atoms with Gasteiger partial charge in [-0.3, -0.25) is 10.2 Å². The first kappa shape index (κ1) is 32.7.